The van der Waals surface area contributed by atoms with E-state index in [-0.39, 0.29) is 51.8 Å². The number of nitrogens with zero attached hydrogens (tertiary/aromatic N) is 1. The molecule has 0 aromatic heterocycles. The summed E-state index contributed by atoms with van der Waals surface area (Å²) in [4.78, 5) is 73.5. The molecule has 0 saturated carbocycles. The molecule has 1 heterocycles. The number of hydrogen-bond acceptors (Lipinski definition) is 8. The molecule has 15 heteroatoms. The minimum Gasteiger partial charge on any atom is -0.379 e. The molecule has 0 spiro atoms. The van der Waals surface area contributed by atoms with Crippen molar-refractivity contribution in [1.82, 2.24) is 20.9 Å². The largest absolute Gasteiger partial charge is 0.379 e. The van der Waals surface area contributed by atoms with Crippen molar-refractivity contribution in [3.05, 3.63) is 41.5 Å². The lowest BCUT2D eigenvalue weighted by Gasteiger charge is -2.20. The van der Waals surface area contributed by atoms with E-state index in [1.807, 2.05) is 12.1 Å². The molecule has 1 aromatic carbocycles. The SMILES string of the molecule is [B]Cc1ccc(NC(=O)C(CCCNC(N)=O)NC(=O)CNC(=O)CCOCCN2C(=O)C=CC2=O)cc1CCCC(C)OCCC(C)C. The number of primary amides is 1. The van der Waals surface area contributed by atoms with Gasteiger partial charge < -0.3 is 36.5 Å². The smallest absolute Gasteiger partial charge is 0.312 e. The number of carbonyl (C=O) groups excluding carboxylic acids is 6. The van der Waals surface area contributed by atoms with Crippen LogP contribution in [0, 0.1) is 5.92 Å². The second-order valence-electron chi connectivity index (χ2n) is 12.3. The van der Waals surface area contributed by atoms with Gasteiger partial charge in [0.2, 0.25) is 17.7 Å². The van der Waals surface area contributed by atoms with Crippen LogP contribution in [0.3, 0.4) is 0 Å². The van der Waals surface area contributed by atoms with E-state index in [4.69, 9.17) is 23.1 Å². The lowest BCUT2D eigenvalue weighted by atomic mass is 9.90. The molecule has 0 saturated heterocycles. The third-order valence-corrected chi connectivity index (χ3v) is 7.75. The molecule has 2 atom stereocenters. The average molecular weight is 683 g/mol. The van der Waals surface area contributed by atoms with Crippen molar-refractivity contribution in [1.29, 1.82) is 0 Å². The van der Waals surface area contributed by atoms with Crippen LogP contribution in [0.4, 0.5) is 10.5 Å². The molecule has 2 unspecified atom stereocenters. The number of rotatable bonds is 24. The highest BCUT2D eigenvalue weighted by Crippen LogP contribution is 2.20. The maximum absolute atomic E-state index is 13.3. The first-order chi connectivity index (χ1) is 23.4. The van der Waals surface area contributed by atoms with E-state index in [1.54, 1.807) is 6.07 Å². The zero-order valence-corrected chi connectivity index (χ0v) is 28.9. The van der Waals surface area contributed by atoms with Crippen molar-refractivity contribution >= 4 is 49.1 Å². The Morgan fingerprint density at radius 1 is 0.898 bits per heavy atom. The fourth-order valence-corrected chi connectivity index (χ4v) is 4.91. The molecule has 2 rings (SSSR count). The summed E-state index contributed by atoms with van der Waals surface area (Å²) in [5.41, 5.74) is 7.68. The van der Waals surface area contributed by atoms with Crippen LogP contribution in [-0.2, 0) is 46.2 Å². The van der Waals surface area contributed by atoms with Gasteiger partial charge in [0.25, 0.3) is 11.8 Å². The molecule has 268 valence electrons. The molecular formula is C34H51BN6O8. The second kappa shape index (κ2) is 22.4. The van der Waals surface area contributed by atoms with E-state index < -0.39 is 41.6 Å². The number of imide groups is 1. The number of amides is 7. The van der Waals surface area contributed by atoms with E-state index in [0.717, 1.165) is 48.3 Å². The van der Waals surface area contributed by atoms with Crippen LogP contribution in [0.5, 0.6) is 0 Å². The Bertz CT molecular complexity index is 1290. The van der Waals surface area contributed by atoms with Crippen LogP contribution >= 0.6 is 0 Å². The fourth-order valence-electron chi connectivity index (χ4n) is 4.91. The van der Waals surface area contributed by atoms with Crippen molar-refractivity contribution in [3.8, 4) is 0 Å². The Balaban J connectivity index is 1.88. The number of urea groups is 1. The molecule has 0 aliphatic carbocycles. The van der Waals surface area contributed by atoms with Crippen molar-refractivity contribution in [2.24, 2.45) is 11.7 Å². The number of carbonyl (C=O) groups is 6. The molecule has 0 bridgehead atoms. The molecule has 14 nitrogen and oxygen atoms in total. The zero-order valence-electron chi connectivity index (χ0n) is 28.9. The van der Waals surface area contributed by atoms with Gasteiger partial charge in [-0.05, 0) is 69.1 Å². The highest BCUT2D eigenvalue weighted by Gasteiger charge is 2.23. The van der Waals surface area contributed by atoms with Gasteiger partial charge in [-0.15, -0.1) is 0 Å². The molecule has 6 N–H and O–H groups in total. The van der Waals surface area contributed by atoms with Crippen molar-refractivity contribution in [2.45, 2.75) is 84.2 Å². The minimum atomic E-state index is -0.964. The molecule has 2 radical (unpaired) electrons. The number of aryl methyl sites for hydroxylation is 1. The third kappa shape index (κ3) is 16.6. The number of benzene rings is 1. The zero-order chi connectivity index (χ0) is 36.2. The minimum absolute atomic E-state index is 0.0189. The molecule has 1 aliphatic rings. The highest BCUT2D eigenvalue weighted by molar-refractivity contribution is 6.12. The van der Waals surface area contributed by atoms with E-state index in [9.17, 15) is 28.8 Å². The van der Waals surface area contributed by atoms with Crippen LogP contribution in [0.2, 0.25) is 0 Å². The molecule has 7 amide bonds. The van der Waals surface area contributed by atoms with E-state index >= 15 is 0 Å². The Morgan fingerprint density at radius 2 is 1.63 bits per heavy atom. The normalized spacial score (nSPS) is 13.8. The number of ether oxygens (including phenoxy) is 2. The topological polar surface area (TPSA) is 198 Å². The highest BCUT2D eigenvalue weighted by atomic mass is 16.5. The number of nitrogens with one attached hydrogen (secondary N) is 4. The van der Waals surface area contributed by atoms with Gasteiger partial charge in [-0.25, -0.2) is 4.79 Å². The lowest BCUT2D eigenvalue weighted by molar-refractivity contribution is -0.138. The van der Waals surface area contributed by atoms with E-state index in [0.29, 0.717) is 24.3 Å². The van der Waals surface area contributed by atoms with Gasteiger partial charge >= 0.3 is 6.03 Å². The predicted octanol–water partition coefficient (Wildman–Crippen LogP) is 1.45. The number of hydrogen-bond donors (Lipinski definition) is 5. The molecule has 1 aliphatic heterocycles. The Kier molecular flexibility index (Phi) is 18.7. The van der Waals surface area contributed by atoms with Crippen LogP contribution in [0.1, 0.15) is 70.4 Å². The van der Waals surface area contributed by atoms with Crippen molar-refractivity contribution in [2.75, 3.05) is 44.8 Å². The van der Waals surface area contributed by atoms with E-state index in [2.05, 4.69) is 42.0 Å². The summed E-state index contributed by atoms with van der Waals surface area (Å²) in [7, 11) is 5.98. The molecule has 49 heavy (non-hydrogen) atoms. The van der Waals surface area contributed by atoms with Crippen molar-refractivity contribution < 1.29 is 38.2 Å². The van der Waals surface area contributed by atoms with Gasteiger partial charge in [-0.3, -0.25) is 28.9 Å². The summed E-state index contributed by atoms with van der Waals surface area (Å²) in [6, 6.07) is 3.86. The first-order valence-corrected chi connectivity index (χ1v) is 16.8. The Labute approximate surface area is 290 Å². The monoisotopic (exact) mass is 682 g/mol. The third-order valence-electron chi connectivity index (χ3n) is 7.75. The molecule has 1 aromatic rings. The van der Waals surface area contributed by atoms with Crippen LogP contribution in [-0.4, -0.2) is 99.9 Å². The second-order valence-corrected chi connectivity index (χ2v) is 12.3. The maximum Gasteiger partial charge on any atom is 0.312 e. The van der Waals surface area contributed by atoms with Crippen LogP contribution in [0.25, 0.3) is 0 Å². The predicted molar refractivity (Wildman–Crippen MR) is 185 cm³/mol. The van der Waals surface area contributed by atoms with Gasteiger partial charge in [-0.2, -0.15) is 0 Å². The first-order valence-electron chi connectivity index (χ1n) is 16.8. The number of anilines is 1. The summed E-state index contributed by atoms with van der Waals surface area (Å²) in [6.45, 7) is 7.12. The van der Waals surface area contributed by atoms with Gasteiger partial charge in [0.1, 0.15) is 6.04 Å². The summed E-state index contributed by atoms with van der Waals surface area (Å²) in [5, 5.41) is 10.5. The van der Waals surface area contributed by atoms with Crippen molar-refractivity contribution in [3.63, 3.8) is 0 Å². The standard InChI is InChI=1S/C34H51BN6O8/c1-23(2)13-18-49-24(3)6-4-7-25-20-27(10-9-26(25)21-35)39-33(46)28(8-5-15-37-34(36)47)40-30(43)22-38-29(42)14-17-48-19-16-41-31(44)11-12-32(41)45/h9-12,20,23-24,28H,4-8,13-19,21-22H2,1-3H3,(H,38,42)(H,39,46)(H,40,43)(H3,36,37,47). The van der Waals surface area contributed by atoms with Gasteiger partial charge in [0.05, 0.1) is 40.3 Å². The lowest BCUT2D eigenvalue weighted by Crippen LogP contribution is -2.47. The molecule has 0 fully saturated rings. The fraction of sp³-hybridized carbons (Fsp3) is 0.588. The summed E-state index contributed by atoms with van der Waals surface area (Å²) < 4.78 is 11.2. The summed E-state index contributed by atoms with van der Waals surface area (Å²) >= 11 is 0. The van der Waals surface area contributed by atoms with Crippen LogP contribution in [0.15, 0.2) is 30.4 Å². The summed E-state index contributed by atoms with van der Waals surface area (Å²) in [6.07, 6.45) is 6.88. The first kappa shape index (κ1) is 40.9. The maximum atomic E-state index is 13.3. The average Bonchev–Trinajstić information content (AvgIpc) is 3.37. The Morgan fingerprint density at radius 3 is 2.31 bits per heavy atom. The molecular weight excluding hydrogens is 631 g/mol. The van der Waals surface area contributed by atoms with Crippen LogP contribution < -0.4 is 27.0 Å². The quantitative estimate of drug-likeness (QED) is 0.0613. The van der Waals surface area contributed by atoms with E-state index in [1.165, 1.54) is 12.2 Å². The summed E-state index contributed by atoms with van der Waals surface area (Å²) in [5.74, 6) is -1.74. The number of nitrogens with two attached hydrogens (primary N) is 1. The van der Waals surface area contributed by atoms with Gasteiger partial charge in [0.15, 0.2) is 0 Å². The van der Waals surface area contributed by atoms with Gasteiger partial charge in [-0.1, -0.05) is 31.8 Å². The Hall–Kier alpha value is -4.24. The van der Waals surface area contributed by atoms with Gasteiger partial charge in [0, 0.05) is 37.4 Å².